The Kier molecular flexibility index (Phi) is 7.67. The molecule has 0 aliphatic carbocycles. The second kappa shape index (κ2) is 11.2. The van der Waals surface area contributed by atoms with Gasteiger partial charge in [-0.15, -0.1) is 0 Å². The van der Waals surface area contributed by atoms with Crippen molar-refractivity contribution in [2.75, 3.05) is 6.61 Å². The number of nitrogens with zero attached hydrogens (tertiary/aromatic N) is 2. The number of aromatic nitrogens is 2. The first-order chi connectivity index (χ1) is 16.2. The largest absolute Gasteiger partial charge is 0.482 e. The summed E-state index contributed by atoms with van der Waals surface area (Å²) in [6.07, 6.45) is 2.11. The Labute approximate surface area is 194 Å². The average Bonchev–Trinajstić information content (AvgIpc) is 2.87. The zero-order chi connectivity index (χ0) is 22.9. The molecule has 5 nitrogen and oxygen atoms in total. The van der Waals surface area contributed by atoms with Gasteiger partial charge in [-0.3, -0.25) is 0 Å². The highest BCUT2D eigenvalue weighted by molar-refractivity contribution is 5.41. The molecule has 1 atom stereocenters. The van der Waals surface area contributed by atoms with Crippen LogP contribution in [-0.4, -0.2) is 21.7 Å². The first kappa shape index (κ1) is 22.5. The first-order valence-electron chi connectivity index (χ1n) is 11.1. The number of benzene rings is 3. The van der Waals surface area contributed by atoms with E-state index in [2.05, 4.69) is 41.2 Å². The van der Waals surface area contributed by atoms with Gasteiger partial charge in [0.05, 0.1) is 12.3 Å². The van der Waals surface area contributed by atoms with Crippen molar-refractivity contribution in [2.45, 2.75) is 32.5 Å². The molecule has 168 valence electrons. The van der Waals surface area contributed by atoms with Crippen LogP contribution in [0.1, 0.15) is 33.9 Å². The normalized spacial score (nSPS) is 11.7. The molecule has 0 bridgehead atoms. The second-order valence-corrected chi connectivity index (χ2v) is 8.01. The molecule has 5 heteroatoms. The lowest BCUT2D eigenvalue weighted by molar-refractivity contribution is 0.229. The summed E-state index contributed by atoms with van der Waals surface area (Å²) in [6.45, 7) is 2.71. The van der Waals surface area contributed by atoms with Gasteiger partial charge in [-0.1, -0.05) is 90.5 Å². The molecule has 1 N–H and O–H groups in total. The molecule has 0 fully saturated rings. The van der Waals surface area contributed by atoms with Crippen LogP contribution in [0.3, 0.4) is 0 Å². The fourth-order valence-corrected chi connectivity index (χ4v) is 3.61. The topological polar surface area (TPSA) is 64.5 Å². The Hall–Kier alpha value is -3.70. The Morgan fingerprint density at radius 1 is 0.727 bits per heavy atom. The number of aliphatic hydroxyl groups is 1. The van der Waals surface area contributed by atoms with Crippen LogP contribution in [0.2, 0.25) is 0 Å². The Morgan fingerprint density at radius 2 is 1.33 bits per heavy atom. The monoisotopic (exact) mass is 440 g/mol. The van der Waals surface area contributed by atoms with Crippen LogP contribution in [0, 0.1) is 6.92 Å². The van der Waals surface area contributed by atoms with Crippen molar-refractivity contribution in [1.29, 1.82) is 0 Å². The fraction of sp³-hybridized carbons (Fsp3) is 0.214. The van der Waals surface area contributed by atoms with Crippen molar-refractivity contribution in [1.82, 2.24) is 9.97 Å². The first-order valence-corrected chi connectivity index (χ1v) is 11.1. The standard InChI is InChI=1S/C28H28N2O3/c1-21-12-14-22(15-13-21)16-25(17-31)26-27(32-18-23-8-4-2-5-9-23)28(30-20-29-26)33-19-24-10-6-3-7-11-24/h2-15,20,25,31H,16-19H2,1H3. The third-order valence-corrected chi connectivity index (χ3v) is 5.45. The smallest absolute Gasteiger partial charge is 0.260 e. The average molecular weight is 441 g/mol. The predicted octanol–water partition coefficient (Wildman–Crippen LogP) is 5.26. The predicted molar refractivity (Wildman–Crippen MR) is 128 cm³/mol. The summed E-state index contributed by atoms with van der Waals surface area (Å²) in [5, 5.41) is 10.2. The molecule has 0 saturated heterocycles. The molecule has 33 heavy (non-hydrogen) atoms. The lowest BCUT2D eigenvalue weighted by Gasteiger charge is -2.20. The van der Waals surface area contributed by atoms with Crippen molar-refractivity contribution in [3.63, 3.8) is 0 Å². The zero-order valence-corrected chi connectivity index (χ0v) is 18.7. The second-order valence-electron chi connectivity index (χ2n) is 8.01. The van der Waals surface area contributed by atoms with Gasteiger partial charge in [0.2, 0.25) is 5.75 Å². The molecule has 3 aromatic carbocycles. The van der Waals surface area contributed by atoms with Crippen molar-refractivity contribution in [2.24, 2.45) is 0 Å². The van der Waals surface area contributed by atoms with Crippen LogP contribution >= 0.6 is 0 Å². The quantitative estimate of drug-likeness (QED) is 0.364. The minimum atomic E-state index is -0.249. The van der Waals surface area contributed by atoms with E-state index in [9.17, 15) is 5.11 Å². The number of hydrogen-bond donors (Lipinski definition) is 1. The summed E-state index contributed by atoms with van der Waals surface area (Å²) in [5.74, 6) is 0.603. The van der Waals surface area contributed by atoms with Crippen molar-refractivity contribution < 1.29 is 14.6 Å². The lowest BCUT2D eigenvalue weighted by atomic mass is 9.95. The lowest BCUT2D eigenvalue weighted by Crippen LogP contribution is -2.14. The summed E-state index contributed by atoms with van der Waals surface area (Å²) in [4.78, 5) is 8.88. The van der Waals surface area contributed by atoms with Gasteiger partial charge in [0, 0.05) is 5.92 Å². The molecule has 1 heterocycles. The minimum Gasteiger partial charge on any atom is -0.482 e. The fourth-order valence-electron chi connectivity index (χ4n) is 3.61. The summed E-state index contributed by atoms with van der Waals surface area (Å²) >= 11 is 0. The molecular weight excluding hydrogens is 412 g/mol. The van der Waals surface area contributed by atoms with Crippen LogP contribution in [0.25, 0.3) is 0 Å². The summed E-state index contributed by atoms with van der Waals surface area (Å²) in [7, 11) is 0. The molecule has 0 amide bonds. The number of aryl methyl sites for hydroxylation is 1. The van der Waals surface area contributed by atoms with Crippen LogP contribution in [0.4, 0.5) is 0 Å². The Balaban J connectivity index is 1.62. The zero-order valence-electron chi connectivity index (χ0n) is 18.7. The van der Waals surface area contributed by atoms with Crippen molar-refractivity contribution in [3.05, 3.63) is 119 Å². The maximum absolute atomic E-state index is 10.2. The summed E-state index contributed by atoms with van der Waals surface area (Å²) in [5.41, 5.74) is 5.03. The van der Waals surface area contributed by atoms with E-state index in [4.69, 9.17) is 9.47 Å². The molecule has 0 spiro atoms. The van der Waals surface area contributed by atoms with Crippen LogP contribution < -0.4 is 9.47 Å². The van der Waals surface area contributed by atoms with E-state index in [0.717, 1.165) is 16.7 Å². The molecule has 0 saturated carbocycles. The third-order valence-electron chi connectivity index (χ3n) is 5.45. The van der Waals surface area contributed by atoms with Gasteiger partial charge in [-0.25, -0.2) is 4.98 Å². The van der Waals surface area contributed by atoms with Gasteiger partial charge in [0.15, 0.2) is 0 Å². The summed E-state index contributed by atoms with van der Waals surface area (Å²) in [6, 6.07) is 28.2. The Bertz CT molecular complexity index is 1130. The van der Waals surface area contributed by atoms with Gasteiger partial charge < -0.3 is 14.6 Å². The van der Waals surface area contributed by atoms with Gasteiger partial charge >= 0.3 is 0 Å². The van der Waals surface area contributed by atoms with Crippen LogP contribution in [0.15, 0.2) is 91.3 Å². The minimum absolute atomic E-state index is 0.0648. The van der Waals surface area contributed by atoms with E-state index in [0.29, 0.717) is 37.0 Å². The van der Waals surface area contributed by atoms with E-state index in [-0.39, 0.29) is 12.5 Å². The molecule has 0 radical (unpaired) electrons. The van der Waals surface area contributed by atoms with Crippen LogP contribution in [0.5, 0.6) is 11.6 Å². The van der Waals surface area contributed by atoms with E-state index >= 15 is 0 Å². The Morgan fingerprint density at radius 3 is 1.94 bits per heavy atom. The highest BCUT2D eigenvalue weighted by atomic mass is 16.5. The van der Waals surface area contributed by atoms with E-state index in [1.165, 1.54) is 11.9 Å². The van der Waals surface area contributed by atoms with E-state index < -0.39 is 0 Å². The number of hydrogen-bond acceptors (Lipinski definition) is 5. The SMILES string of the molecule is Cc1ccc(CC(CO)c2ncnc(OCc3ccccc3)c2OCc2ccccc2)cc1. The van der Waals surface area contributed by atoms with Crippen LogP contribution in [-0.2, 0) is 19.6 Å². The number of ether oxygens (including phenoxy) is 2. The van der Waals surface area contributed by atoms with E-state index in [1.54, 1.807) is 0 Å². The van der Waals surface area contributed by atoms with Gasteiger partial charge in [0.1, 0.15) is 19.5 Å². The number of rotatable bonds is 10. The molecule has 4 rings (SSSR count). The summed E-state index contributed by atoms with van der Waals surface area (Å²) < 4.78 is 12.3. The number of aliphatic hydroxyl groups excluding tert-OH is 1. The van der Waals surface area contributed by atoms with Gasteiger partial charge in [-0.05, 0) is 30.0 Å². The molecule has 4 aromatic rings. The van der Waals surface area contributed by atoms with Crippen molar-refractivity contribution >= 4 is 0 Å². The van der Waals surface area contributed by atoms with E-state index in [1.807, 2.05) is 60.7 Å². The molecule has 0 aliphatic heterocycles. The molecule has 1 unspecified atom stereocenters. The third kappa shape index (κ3) is 6.18. The van der Waals surface area contributed by atoms with Gasteiger partial charge in [0.25, 0.3) is 5.88 Å². The highest BCUT2D eigenvalue weighted by Crippen LogP contribution is 2.35. The maximum atomic E-state index is 10.2. The van der Waals surface area contributed by atoms with Crippen molar-refractivity contribution in [3.8, 4) is 11.6 Å². The molecule has 0 aliphatic rings. The molecule has 1 aromatic heterocycles. The maximum Gasteiger partial charge on any atom is 0.260 e. The molecular formula is C28H28N2O3. The highest BCUT2D eigenvalue weighted by Gasteiger charge is 2.23. The van der Waals surface area contributed by atoms with Gasteiger partial charge in [-0.2, -0.15) is 4.98 Å².